The molecule has 52 valence electrons. The van der Waals surface area contributed by atoms with Crippen molar-refractivity contribution in [3.8, 4) is 0 Å². The van der Waals surface area contributed by atoms with Crippen LogP contribution in [0.25, 0.3) is 0 Å². The van der Waals surface area contributed by atoms with Crippen molar-refractivity contribution in [1.82, 2.24) is 0 Å². The fourth-order valence-corrected chi connectivity index (χ4v) is 1.34. The summed E-state index contributed by atoms with van der Waals surface area (Å²) in [6, 6.07) is 0. The second-order valence-electron chi connectivity index (χ2n) is 2.66. The Morgan fingerprint density at radius 2 is 2.11 bits per heavy atom. The molecule has 0 aromatic rings. The van der Waals surface area contributed by atoms with Crippen LogP contribution in [0, 0.1) is 5.92 Å². The molecular formula is C8H13Br. The fraction of sp³-hybridized carbons (Fsp3) is 0.750. The molecule has 1 rings (SSSR count). The van der Waals surface area contributed by atoms with Crippen molar-refractivity contribution in [2.45, 2.75) is 25.7 Å². The van der Waals surface area contributed by atoms with Crippen molar-refractivity contribution in [3.63, 3.8) is 0 Å². The number of halogens is 1. The zero-order valence-electron chi connectivity index (χ0n) is 5.65. The molecule has 0 aromatic heterocycles. The summed E-state index contributed by atoms with van der Waals surface area (Å²) in [4.78, 5) is 0. The summed E-state index contributed by atoms with van der Waals surface area (Å²) in [6.07, 6.45) is 10.2. The molecule has 0 radical (unpaired) electrons. The van der Waals surface area contributed by atoms with Gasteiger partial charge in [-0.15, -0.1) is 0 Å². The van der Waals surface area contributed by atoms with Crippen molar-refractivity contribution in [2.75, 3.05) is 5.33 Å². The fourth-order valence-electron chi connectivity index (χ4n) is 1.08. The Hall–Kier alpha value is 0.220. The third-order valence-corrected chi connectivity index (χ3v) is 2.32. The number of rotatable bonds is 3. The van der Waals surface area contributed by atoms with E-state index in [1.807, 2.05) is 0 Å². The summed E-state index contributed by atoms with van der Waals surface area (Å²) in [5.41, 5.74) is 0. The van der Waals surface area contributed by atoms with Gasteiger partial charge in [-0.25, -0.2) is 0 Å². The van der Waals surface area contributed by atoms with Gasteiger partial charge in [-0.05, 0) is 12.3 Å². The lowest BCUT2D eigenvalue weighted by Gasteiger charge is -2.23. The van der Waals surface area contributed by atoms with E-state index < -0.39 is 0 Å². The van der Waals surface area contributed by atoms with Crippen LogP contribution >= 0.6 is 15.9 Å². The maximum atomic E-state index is 3.35. The molecule has 1 aliphatic carbocycles. The van der Waals surface area contributed by atoms with E-state index in [1.165, 1.54) is 25.7 Å². The first-order valence-electron chi connectivity index (χ1n) is 3.64. The van der Waals surface area contributed by atoms with Crippen LogP contribution < -0.4 is 0 Å². The molecule has 1 heteroatoms. The van der Waals surface area contributed by atoms with Gasteiger partial charge in [0.05, 0.1) is 0 Å². The smallest absolute Gasteiger partial charge is 0.0212 e. The lowest BCUT2D eigenvalue weighted by Crippen LogP contribution is -2.08. The highest BCUT2D eigenvalue weighted by Gasteiger charge is 2.14. The number of hydrogen-bond donors (Lipinski definition) is 0. The van der Waals surface area contributed by atoms with Gasteiger partial charge in [-0.3, -0.25) is 0 Å². The lowest BCUT2D eigenvalue weighted by atomic mass is 9.83. The van der Waals surface area contributed by atoms with Crippen molar-refractivity contribution < 1.29 is 0 Å². The quantitative estimate of drug-likeness (QED) is 0.472. The second kappa shape index (κ2) is 4.10. The minimum Gasteiger partial charge on any atom is -0.0883 e. The van der Waals surface area contributed by atoms with Crippen LogP contribution in [0.1, 0.15) is 25.7 Å². The predicted molar refractivity (Wildman–Crippen MR) is 44.9 cm³/mol. The van der Waals surface area contributed by atoms with Crippen LogP contribution in [-0.2, 0) is 0 Å². The van der Waals surface area contributed by atoms with E-state index in [-0.39, 0.29) is 0 Å². The van der Waals surface area contributed by atoms with Gasteiger partial charge < -0.3 is 0 Å². The van der Waals surface area contributed by atoms with E-state index in [2.05, 4.69) is 28.1 Å². The van der Waals surface area contributed by atoms with Crippen molar-refractivity contribution >= 4 is 15.9 Å². The SMILES string of the molecule is BrC/C=C/CC1CCC1. The Kier molecular flexibility index (Phi) is 3.34. The Morgan fingerprint density at radius 1 is 1.33 bits per heavy atom. The summed E-state index contributed by atoms with van der Waals surface area (Å²) in [5.74, 6) is 1.03. The molecule has 0 heterocycles. The Morgan fingerprint density at radius 3 is 2.56 bits per heavy atom. The summed E-state index contributed by atoms with van der Waals surface area (Å²) in [7, 11) is 0. The van der Waals surface area contributed by atoms with E-state index in [0.29, 0.717) is 0 Å². The van der Waals surface area contributed by atoms with Gasteiger partial charge in [-0.1, -0.05) is 47.3 Å². The molecule has 0 amide bonds. The zero-order valence-corrected chi connectivity index (χ0v) is 7.23. The van der Waals surface area contributed by atoms with Crippen LogP contribution in [0.15, 0.2) is 12.2 Å². The Balaban J connectivity index is 1.97. The molecule has 0 unspecified atom stereocenters. The predicted octanol–water partition coefficient (Wildman–Crippen LogP) is 3.13. The van der Waals surface area contributed by atoms with Crippen LogP contribution in [0.2, 0.25) is 0 Å². The minimum absolute atomic E-state index is 1.01. The summed E-state index contributed by atoms with van der Waals surface area (Å²) >= 11 is 3.35. The molecular weight excluding hydrogens is 176 g/mol. The van der Waals surface area contributed by atoms with Crippen molar-refractivity contribution in [2.24, 2.45) is 5.92 Å². The van der Waals surface area contributed by atoms with E-state index in [1.54, 1.807) is 0 Å². The molecule has 1 aliphatic rings. The minimum atomic E-state index is 1.01. The van der Waals surface area contributed by atoms with E-state index in [9.17, 15) is 0 Å². The van der Waals surface area contributed by atoms with Gasteiger partial charge in [0, 0.05) is 5.33 Å². The lowest BCUT2D eigenvalue weighted by molar-refractivity contribution is 0.319. The summed E-state index contributed by atoms with van der Waals surface area (Å²) in [5, 5.41) is 1.01. The van der Waals surface area contributed by atoms with Crippen LogP contribution in [0.4, 0.5) is 0 Å². The molecule has 0 saturated heterocycles. The highest BCUT2D eigenvalue weighted by atomic mass is 79.9. The molecule has 0 atom stereocenters. The molecule has 0 spiro atoms. The Labute approximate surface area is 65.5 Å². The molecule has 9 heavy (non-hydrogen) atoms. The first-order chi connectivity index (χ1) is 4.43. The van der Waals surface area contributed by atoms with Gasteiger partial charge >= 0.3 is 0 Å². The molecule has 0 N–H and O–H groups in total. The first kappa shape index (κ1) is 7.33. The maximum Gasteiger partial charge on any atom is 0.0212 e. The highest BCUT2D eigenvalue weighted by Crippen LogP contribution is 2.29. The first-order valence-corrected chi connectivity index (χ1v) is 4.76. The molecule has 1 fully saturated rings. The Bertz CT molecular complexity index is 92.7. The van der Waals surface area contributed by atoms with E-state index in [0.717, 1.165) is 11.2 Å². The van der Waals surface area contributed by atoms with Crippen molar-refractivity contribution in [3.05, 3.63) is 12.2 Å². The number of hydrogen-bond acceptors (Lipinski definition) is 0. The maximum absolute atomic E-state index is 3.35. The van der Waals surface area contributed by atoms with Gasteiger partial charge in [0.2, 0.25) is 0 Å². The van der Waals surface area contributed by atoms with E-state index >= 15 is 0 Å². The third kappa shape index (κ3) is 2.53. The average Bonchev–Trinajstić information content (AvgIpc) is 1.76. The number of alkyl halides is 1. The topological polar surface area (TPSA) is 0 Å². The zero-order chi connectivity index (χ0) is 6.53. The normalized spacial score (nSPS) is 20.6. The molecule has 0 bridgehead atoms. The standard InChI is InChI=1S/C8H13Br/c9-7-2-1-4-8-5-3-6-8/h1-2,8H,3-7H2/b2-1+. The van der Waals surface area contributed by atoms with Crippen LogP contribution in [-0.4, -0.2) is 5.33 Å². The summed E-state index contributed by atoms with van der Waals surface area (Å²) in [6.45, 7) is 0. The van der Waals surface area contributed by atoms with Crippen LogP contribution in [0.5, 0.6) is 0 Å². The second-order valence-corrected chi connectivity index (χ2v) is 3.31. The van der Waals surface area contributed by atoms with E-state index in [4.69, 9.17) is 0 Å². The molecule has 0 aromatic carbocycles. The third-order valence-electron chi connectivity index (χ3n) is 1.95. The molecule has 1 saturated carbocycles. The average molecular weight is 189 g/mol. The van der Waals surface area contributed by atoms with Gasteiger partial charge in [0.15, 0.2) is 0 Å². The van der Waals surface area contributed by atoms with Gasteiger partial charge in [0.1, 0.15) is 0 Å². The largest absolute Gasteiger partial charge is 0.0883 e. The van der Waals surface area contributed by atoms with Gasteiger partial charge in [0.25, 0.3) is 0 Å². The van der Waals surface area contributed by atoms with Gasteiger partial charge in [-0.2, -0.15) is 0 Å². The monoisotopic (exact) mass is 188 g/mol. The summed E-state index contributed by atoms with van der Waals surface area (Å²) < 4.78 is 0. The molecule has 0 nitrogen and oxygen atoms in total. The van der Waals surface area contributed by atoms with Crippen LogP contribution in [0.3, 0.4) is 0 Å². The highest BCUT2D eigenvalue weighted by molar-refractivity contribution is 9.09. The number of allylic oxidation sites excluding steroid dienone is 2. The van der Waals surface area contributed by atoms with Crippen molar-refractivity contribution in [1.29, 1.82) is 0 Å². The molecule has 0 aliphatic heterocycles.